The van der Waals surface area contributed by atoms with E-state index in [4.69, 9.17) is 10.5 Å². The Hall–Kier alpha value is -1.06. The van der Waals surface area contributed by atoms with E-state index >= 15 is 0 Å². The van der Waals surface area contributed by atoms with Crippen LogP contribution in [0, 0.1) is 5.41 Å². The number of benzene rings is 1. The zero-order chi connectivity index (χ0) is 11.4. The SMILES string of the molecule is COc1ccccc1CNCC1(CN)CC1. The van der Waals surface area contributed by atoms with E-state index in [1.165, 1.54) is 18.4 Å². The molecule has 1 aliphatic carbocycles. The third-order valence-electron chi connectivity index (χ3n) is 3.40. The van der Waals surface area contributed by atoms with Gasteiger partial charge in [-0.3, -0.25) is 0 Å². The van der Waals surface area contributed by atoms with Crippen molar-refractivity contribution in [3.05, 3.63) is 29.8 Å². The Morgan fingerprint density at radius 3 is 2.75 bits per heavy atom. The molecule has 1 saturated carbocycles. The number of nitrogens with two attached hydrogens (primary N) is 1. The maximum Gasteiger partial charge on any atom is 0.123 e. The summed E-state index contributed by atoms with van der Waals surface area (Å²) in [6.45, 7) is 2.67. The summed E-state index contributed by atoms with van der Waals surface area (Å²) in [5.41, 5.74) is 7.34. The fourth-order valence-electron chi connectivity index (χ4n) is 1.94. The third kappa shape index (κ3) is 2.54. The summed E-state index contributed by atoms with van der Waals surface area (Å²) in [6.07, 6.45) is 2.53. The van der Waals surface area contributed by atoms with Gasteiger partial charge in [-0.1, -0.05) is 18.2 Å². The molecule has 0 aromatic heterocycles. The summed E-state index contributed by atoms with van der Waals surface area (Å²) < 4.78 is 5.31. The molecule has 1 fully saturated rings. The van der Waals surface area contributed by atoms with Crippen LogP contribution in [0.3, 0.4) is 0 Å². The van der Waals surface area contributed by atoms with E-state index in [9.17, 15) is 0 Å². The van der Waals surface area contributed by atoms with Gasteiger partial charge in [0.25, 0.3) is 0 Å². The summed E-state index contributed by atoms with van der Waals surface area (Å²) in [5, 5.41) is 3.47. The Morgan fingerprint density at radius 2 is 2.12 bits per heavy atom. The Balaban J connectivity index is 1.85. The largest absolute Gasteiger partial charge is 0.496 e. The molecule has 0 atom stereocenters. The molecule has 3 N–H and O–H groups in total. The predicted octanol–water partition coefficient (Wildman–Crippen LogP) is 1.52. The molecule has 3 heteroatoms. The minimum absolute atomic E-state index is 0.391. The Morgan fingerprint density at radius 1 is 1.38 bits per heavy atom. The lowest BCUT2D eigenvalue weighted by Gasteiger charge is -2.14. The summed E-state index contributed by atoms with van der Waals surface area (Å²) in [4.78, 5) is 0. The smallest absolute Gasteiger partial charge is 0.123 e. The fourth-order valence-corrected chi connectivity index (χ4v) is 1.94. The molecule has 0 unspecified atom stereocenters. The van der Waals surface area contributed by atoms with E-state index < -0.39 is 0 Å². The minimum Gasteiger partial charge on any atom is -0.496 e. The quantitative estimate of drug-likeness (QED) is 0.764. The normalized spacial score (nSPS) is 17.1. The molecule has 0 amide bonds. The molecule has 1 aromatic carbocycles. The van der Waals surface area contributed by atoms with Crippen molar-refractivity contribution < 1.29 is 4.74 Å². The van der Waals surface area contributed by atoms with Crippen LogP contribution in [-0.2, 0) is 6.54 Å². The molecule has 88 valence electrons. The standard InChI is InChI=1S/C13H20N2O/c1-16-12-5-3-2-4-11(12)8-15-10-13(9-14)6-7-13/h2-5,15H,6-10,14H2,1H3. The van der Waals surface area contributed by atoms with E-state index in [0.29, 0.717) is 5.41 Å². The maximum atomic E-state index is 5.74. The van der Waals surface area contributed by atoms with Crippen molar-refractivity contribution in [2.45, 2.75) is 19.4 Å². The zero-order valence-corrected chi connectivity index (χ0v) is 9.83. The van der Waals surface area contributed by atoms with Crippen molar-refractivity contribution in [1.82, 2.24) is 5.32 Å². The van der Waals surface area contributed by atoms with Crippen molar-refractivity contribution in [3.63, 3.8) is 0 Å². The first kappa shape index (κ1) is 11.4. The van der Waals surface area contributed by atoms with Crippen molar-refractivity contribution >= 4 is 0 Å². The molecular weight excluding hydrogens is 200 g/mol. The molecule has 0 heterocycles. The van der Waals surface area contributed by atoms with E-state index in [1.807, 2.05) is 18.2 Å². The monoisotopic (exact) mass is 220 g/mol. The van der Waals surface area contributed by atoms with Crippen LogP contribution >= 0.6 is 0 Å². The van der Waals surface area contributed by atoms with E-state index in [2.05, 4.69) is 11.4 Å². The zero-order valence-electron chi connectivity index (χ0n) is 9.83. The topological polar surface area (TPSA) is 47.3 Å². The first-order valence-electron chi connectivity index (χ1n) is 5.82. The van der Waals surface area contributed by atoms with Crippen LogP contribution < -0.4 is 15.8 Å². The average molecular weight is 220 g/mol. The summed E-state index contributed by atoms with van der Waals surface area (Å²) in [5.74, 6) is 0.951. The molecule has 0 bridgehead atoms. The van der Waals surface area contributed by atoms with Crippen LogP contribution in [-0.4, -0.2) is 20.2 Å². The van der Waals surface area contributed by atoms with Gasteiger partial charge in [-0.15, -0.1) is 0 Å². The predicted molar refractivity (Wildman–Crippen MR) is 65.4 cm³/mol. The van der Waals surface area contributed by atoms with E-state index in [1.54, 1.807) is 7.11 Å². The van der Waals surface area contributed by atoms with Crippen LogP contribution in [0.1, 0.15) is 18.4 Å². The molecule has 0 aliphatic heterocycles. The number of rotatable bonds is 6. The number of ether oxygens (including phenoxy) is 1. The second kappa shape index (κ2) is 4.85. The van der Waals surface area contributed by atoms with Gasteiger partial charge < -0.3 is 15.8 Å². The van der Waals surface area contributed by atoms with Crippen molar-refractivity contribution in [2.24, 2.45) is 11.1 Å². The molecular formula is C13H20N2O. The van der Waals surface area contributed by atoms with Crippen molar-refractivity contribution in [1.29, 1.82) is 0 Å². The first-order chi connectivity index (χ1) is 7.79. The van der Waals surface area contributed by atoms with Crippen molar-refractivity contribution in [2.75, 3.05) is 20.2 Å². The molecule has 0 spiro atoms. The highest BCUT2D eigenvalue weighted by Gasteiger charge is 2.40. The minimum atomic E-state index is 0.391. The Bertz CT molecular complexity index is 348. The molecule has 2 rings (SSSR count). The molecule has 3 nitrogen and oxygen atoms in total. The lowest BCUT2D eigenvalue weighted by molar-refractivity contribution is 0.404. The summed E-state index contributed by atoms with van der Waals surface area (Å²) >= 11 is 0. The lowest BCUT2D eigenvalue weighted by Crippen LogP contribution is -2.29. The lowest BCUT2D eigenvalue weighted by atomic mass is 10.1. The fraction of sp³-hybridized carbons (Fsp3) is 0.538. The van der Waals surface area contributed by atoms with Crippen LogP contribution in [0.4, 0.5) is 0 Å². The van der Waals surface area contributed by atoms with Gasteiger partial charge in [0.1, 0.15) is 5.75 Å². The van der Waals surface area contributed by atoms with Gasteiger partial charge in [0.15, 0.2) is 0 Å². The van der Waals surface area contributed by atoms with E-state index in [-0.39, 0.29) is 0 Å². The van der Waals surface area contributed by atoms with Gasteiger partial charge in [-0.25, -0.2) is 0 Å². The number of hydrogen-bond donors (Lipinski definition) is 2. The van der Waals surface area contributed by atoms with Gasteiger partial charge in [0.2, 0.25) is 0 Å². The van der Waals surface area contributed by atoms with Gasteiger partial charge in [0.05, 0.1) is 7.11 Å². The molecule has 16 heavy (non-hydrogen) atoms. The van der Waals surface area contributed by atoms with Gasteiger partial charge in [-0.05, 0) is 30.9 Å². The third-order valence-corrected chi connectivity index (χ3v) is 3.40. The van der Waals surface area contributed by atoms with E-state index in [0.717, 1.165) is 25.4 Å². The molecule has 1 aliphatic rings. The highest BCUT2D eigenvalue weighted by molar-refractivity contribution is 5.33. The van der Waals surface area contributed by atoms with Crippen molar-refractivity contribution in [3.8, 4) is 5.75 Å². The number of hydrogen-bond acceptors (Lipinski definition) is 3. The molecule has 0 radical (unpaired) electrons. The van der Waals surface area contributed by atoms with Gasteiger partial charge >= 0.3 is 0 Å². The second-order valence-electron chi connectivity index (χ2n) is 4.62. The second-order valence-corrected chi connectivity index (χ2v) is 4.62. The Labute approximate surface area is 97.0 Å². The first-order valence-corrected chi connectivity index (χ1v) is 5.82. The molecule has 1 aromatic rings. The van der Waals surface area contributed by atoms with Crippen LogP contribution in [0.2, 0.25) is 0 Å². The number of methoxy groups -OCH3 is 1. The van der Waals surface area contributed by atoms with Gasteiger partial charge in [0, 0.05) is 18.7 Å². The summed E-state index contributed by atoms with van der Waals surface area (Å²) in [7, 11) is 1.71. The number of nitrogens with one attached hydrogen (secondary N) is 1. The highest BCUT2D eigenvalue weighted by Crippen LogP contribution is 2.43. The van der Waals surface area contributed by atoms with Gasteiger partial charge in [-0.2, -0.15) is 0 Å². The Kier molecular flexibility index (Phi) is 3.46. The van der Waals surface area contributed by atoms with Crippen LogP contribution in [0.25, 0.3) is 0 Å². The molecule has 0 saturated heterocycles. The van der Waals surface area contributed by atoms with Crippen LogP contribution in [0.15, 0.2) is 24.3 Å². The number of para-hydroxylation sites is 1. The average Bonchev–Trinajstić information content (AvgIpc) is 3.10. The van der Waals surface area contributed by atoms with Crippen LogP contribution in [0.5, 0.6) is 5.75 Å². The maximum absolute atomic E-state index is 5.74. The summed E-state index contributed by atoms with van der Waals surface area (Å²) in [6, 6.07) is 8.11. The highest BCUT2D eigenvalue weighted by atomic mass is 16.5.